The third-order valence-electron chi connectivity index (χ3n) is 1.26. The van der Waals surface area contributed by atoms with Gasteiger partial charge in [0.05, 0.1) is 19.3 Å². The van der Waals surface area contributed by atoms with E-state index < -0.39 is 0 Å². The summed E-state index contributed by atoms with van der Waals surface area (Å²) in [6.07, 6.45) is 3.08. The fourth-order valence-corrected chi connectivity index (χ4v) is 0.739. The van der Waals surface area contributed by atoms with E-state index in [0.29, 0.717) is 6.10 Å². The van der Waals surface area contributed by atoms with E-state index in [1.807, 2.05) is 0 Å². The van der Waals surface area contributed by atoms with Crippen molar-refractivity contribution in [3.05, 3.63) is 0 Å². The Morgan fingerprint density at radius 3 is 2.10 bits per heavy atom. The lowest BCUT2D eigenvalue weighted by atomic mass is 10.3. The molecule has 3 nitrogen and oxygen atoms in total. The van der Waals surface area contributed by atoms with Gasteiger partial charge in [0, 0.05) is 6.61 Å². The van der Waals surface area contributed by atoms with Crippen molar-refractivity contribution >= 4 is 0 Å². The lowest BCUT2D eigenvalue weighted by molar-refractivity contribution is 0.125. The number of rotatable bonds is 1. The lowest BCUT2D eigenvalue weighted by Crippen LogP contribution is -1.94. The SMILES string of the molecule is CC1CCCO1.OCCO. The molecule has 0 spiro atoms. The van der Waals surface area contributed by atoms with E-state index in [4.69, 9.17) is 14.9 Å². The molecule has 1 fully saturated rings. The van der Waals surface area contributed by atoms with Crippen LogP contribution in [0, 0.1) is 0 Å². The largest absolute Gasteiger partial charge is 0.394 e. The summed E-state index contributed by atoms with van der Waals surface area (Å²) in [5, 5.41) is 15.2. The Kier molecular flexibility index (Phi) is 6.91. The summed E-state index contributed by atoms with van der Waals surface area (Å²) in [4.78, 5) is 0. The molecule has 1 aliphatic heterocycles. The molecule has 0 aromatic carbocycles. The van der Waals surface area contributed by atoms with Gasteiger partial charge in [-0.25, -0.2) is 0 Å². The lowest BCUT2D eigenvalue weighted by Gasteiger charge is -1.94. The van der Waals surface area contributed by atoms with E-state index in [9.17, 15) is 0 Å². The monoisotopic (exact) mass is 148 g/mol. The molecule has 0 aliphatic carbocycles. The molecule has 1 rings (SSSR count). The Hall–Kier alpha value is -0.120. The Morgan fingerprint density at radius 2 is 2.00 bits per heavy atom. The minimum atomic E-state index is -0.125. The van der Waals surface area contributed by atoms with Gasteiger partial charge >= 0.3 is 0 Å². The van der Waals surface area contributed by atoms with Gasteiger partial charge in [-0.05, 0) is 19.8 Å². The molecule has 1 atom stereocenters. The van der Waals surface area contributed by atoms with Crippen molar-refractivity contribution in [3.8, 4) is 0 Å². The van der Waals surface area contributed by atoms with Crippen LogP contribution in [0.1, 0.15) is 19.8 Å². The van der Waals surface area contributed by atoms with Crippen molar-refractivity contribution in [2.45, 2.75) is 25.9 Å². The molecule has 0 aromatic heterocycles. The predicted octanol–water partition coefficient (Wildman–Crippen LogP) is 0.156. The molecule has 1 aliphatic rings. The number of aliphatic hydroxyl groups is 2. The van der Waals surface area contributed by atoms with Crippen LogP contribution in [0.5, 0.6) is 0 Å². The highest BCUT2D eigenvalue weighted by Crippen LogP contribution is 2.09. The van der Waals surface area contributed by atoms with Crippen molar-refractivity contribution in [2.75, 3.05) is 19.8 Å². The standard InChI is InChI=1S/C5H10O.C2H6O2/c1-5-3-2-4-6-5;3-1-2-4/h5H,2-4H2,1H3;3-4H,1-2H2. The minimum absolute atomic E-state index is 0.125. The Labute approximate surface area is 61.6 Å². The van der Waals surface area contributed by atoms with Gasteiger partial charge in [0.15, 0.2) is 0 Å². The summed E-state index contributed by atoms with van der Waals surface area (Å²) >= 11 is 0. The normalized spacial score (nSPS) is 23.7. The molecule has 3 heteroatoms. The van der Waals surface area contributed by atoms with Crippen LogP contribution < -0.4 is 0 Å². The third kappa shape index (κ3) is 6.01. The maximum absolute atomic E-state index is 7.62. The van der Waals surface area contributed by atoms with Crippen molar-refractivity contribution in [1.29, 1.82) is 0 Å². The van der Waals surface area contributed by atoms with Crippen LogP contribution in [0.4, 0.5) is 0 Å². The van der Waals surface area contributed by atoms with Crippen LogP contribution in [-0.4, -0.2) is 36.1 Å². The first-order chi connectivity index (χ1) is 4.81. The van der Waals surface area contributed by atoms with E-state index in [2.05, 4.69) is 6.92 Å². The van der Waals surface area contributed by atoms with Crippen molar-refractivity contribution in [1.82, 2.24) is 0 Å². The maximum atomic E-state index is 7.62. The second-order valence-electron chi connectivity index (χ2n) is 2.27. The highest BCUT2D eigenvalue weighted by molar-refractivity contribution is 4.56. The van der Waals surface area contributed by atoms with Gasteiger partial charge in [-0.15, -0.1) is 0 Å². The molecule has 1 saturated heterocycles. The van der Waals surface area contributed by atoms with Crippen LogP contribution in [0.25, 0.3) is 0 Å². The number of hydrogen-bond acceptors (Lipinski definition) is 3. The van der Waals surface area contributed by atoms with Crippen molar-refractivity contribution < 1.29 is 14.9 Å². The highest BCUT2D eigenvalue weighted by atomic mass is 16.5. The summed E-state index contributed by atoms with van der Waals surface area (Å²) in [5.74, 6) is 0. The number of aliphatic hydroxyl groups excluding tert-OH is 2. The second kappa shape index (κ2) is 6.99. The zero-order valence-electron chi connectivity index (χ0n) is 6.42. The van der Waals surface area contributed by atoms with Gasteiger partial charge in [0.25, 0.3) is 0 Å². The molecule has 0 radical (unpaired) electrons. The molecule has 1 heterocycles. The summed E-state index contributed by atoms with van der Waals surface area (Å²) in [6.45, 7) is 2.86. The van der Waals surface area contributed by atoms with E-state index in [1.165, 1.54) is 12.8 Å². The summed E-state index contributed by atoms with van der Waals surface area (Å²) in [5.41, 5.74) is 0. The van der Waals surface area contributed by atoms with E-state index in [0.717, 1.165) is 6.61 Å². The molecule has 62 valence electrons. The van der Waals surface area contributed by atoms with Gasteiger partial charge in [-0.2, -0.15) is 0 Å². The quantitative estimate of drug-likeness (QED) is 0.556. The maximum Gasteiger partial charge on any atom is 0.0662 e. The van der Waals surface area contributed by atoms with E-state index in [1.54, 1.807) is 0 Å². The van der Waals surface area contributed by atoms with Gasteiger partial charge < -0.3 is 14.9 Å². The average molecular weight is 148 g/mol. The number of ether oxygens (including phenoxy) is 1. The fourth-order valence-electron chi connectivity index (χ4n) is 0.739. The zero-order chi connectivity index (χ0) is 7.82. The van der Waals surface area contributed by atoms with Gasteiger partial charge in [0.2, 0.25) is 0 Å². The van der Waals surface area contributed by atoms with Gasteiger partial charge in [-0.3, -0.25) is 0 Å². The van der Waals surface area contributed by atoms with Crippen LogP contribution in [-0.2, 0) is 4.74 Å². The Morgan fingerprint density at radius 1 is 1.40 bits per heavy atom. The predicted molar refractivity (Wildman–Crippen MR) is 38.8 cm³/mol. The Balaban J connectivity index is 0.000000180. The molecule has 10 heavy (non-hydrogen) atoms. The Bertz CT molecular complexity index is 57.9. The van der Waals surface area contributed by atoms with Crippen LogP contribution in [0.15, 0.2) is 0 Å². The van der Waals surface area contributed by atoms with E-state index in [-0.39, 0.29) is 13.2 Å². The zero-order valence-corrected chi connectivity index (χ0v) is 6.42. The van der Waals surface area contributed by atoms with Crippen LogP contribution in [0.2, 0.25) is 0 Å². The summed E-state index contributed by atoms with van der Waals surface area (Å²) in [7, 11) is 0. The fraction of sp³-hybridized carbons (Fsp3) is 1.00. The van der Waals surface area contributed by atoms with Crippen molar-refractivity contribution in [2.24, 2.45) is 0 Å². The smallest absolute Gasteiger partial charge is 0.0662 e. The minimum Gasteiger partial charge on any atom is -0.394 e. The summed E-state index contributed by atoms with van der Waals surface area (Å²) < 4.78 is 5.15. The third-order valence-corrected chi connectivity index (χ3v) is 1.26. The van der Waals surface area contributed by atoms with Gasteiger partial charge in [-0.1, -0.05) is 0 Å². The van der Waals surface area contributed by atoms with Crippen LogP contribution in [0.3, 0.4) is 0 Å². The van der Waals surface area contributed by atoms with Crippen LogP contribution >= 0.6 is 0 Å². The van der Waals surface area contributed by atoms with Crippen molar-refractivity contribution in [3.63, 3.8) is 0 Å². The second-order valence-corrected chi connectivity index (χ2v) is 2.27. The van der Waals surface area contributed by atoms with Gasteiger partial charge in [0.1, 0.15) is 0 Å². The topological polar surface area (TPSA) is 49.7 Å². The molecule has 1 unspecified atom stereocenters. The molecule has 0 saturated carbocycles. The first-order valence-electron chi connectivity index (χ1n) is 3.64. The first-order valence-corrected chi connectivity index (χ1v) is 3.64. The molecule has 0 bridgehead atoms. The summed E-state index contributed by atoms with van der Waals surface area (Å²) in [6, 6.07) is 0. The van der Waals surface area contributed by atoms with E-state index >= 15 is 0 Å². The molecule has 2 N–H and O–H groups in total. The molecule has 0 amide bonds. The molecule has 0 aromatic rings. The molecular weight excluding hydrogens is 132 g/mol. The number of hydrogen-bond donors (Lipinski definition) is 2. The highest BCUT2D eigenvalue weighted by Gasteiger charge is 2.07. The molecular formula is C7H16O3. The first kappa shape index (κ1) is 9.88. The average Bonchev–Trinajstić information content (AvgIpc) is 2.40.